The molecule has 0 saturated heterocycles. The van der Waals surface area contributed by atoms with Crippen LogP contribution in [0.1, 0.15) is 12.8 Å². The van der Waals surface area contributed by atoms with Gasteiger partial charge < -0.3 is 26.1 Å². The van der Waals surface area contributed by atoms with Gasteiger partial charge in [-0.1, -0.05) is 0 Å². The van der Waals surface area contributed by atoms with Gasteiger partial charge in [0.15, 0.2) is 0 Å². The van der Waals surface area contributed by atoms with E-state index in [0.717, 1.165) is 0 Å². The number of amides is 1. The van der Waals surface area contributed by atoms with E-state index in [-0.39, 0.29) is 6.29 Å². The van der Waals surface area contributed by atoms with Crippen LogP contribution in [0.2, 0.25) is 0 Å². The number of hydrogen-bond donors (Lipinski definition) is 4. The maximum absolute atomic E-state index is 11.2. The lowest BCUT2D eigenvalue weighted by atomic mass is 10.1. The van der Waals surface area contributed by atoms with E-state index in [4.69, 9.17) is 15.9 Å². The Morgan fingerprint density at radius 2 is 1.69 bits per heavy atom. The number of aldehydes is 1. The lowest BCUT2D eigenvalue weighted by Gasteiger charge is -2.13. The maximum Gasteiger partial charge on any atom is 0.305 e. The summed E-state index contributed by atoms with van der Waals surface area (Å²) in [6, 6.07) is -2.52. The minimum absolute atomic E-state index is 0.250. The quantitative estimate of drug-likeness (QED) is 0.369. The summed E-state index contributed by atoms with van der Waals surface area (Å²) >= 11 is 0. The monoisotopic (exact) mass is 232 g/mol. The van der Waals surface area contributed by atoms with Crippen LogP contribution in [-0.2, 0) is 19.2 Å². The molecule has 90 valence electrons. The van der Waals surface area contributed by atoms with Crippen molar-refractivity contribution in [2.45, 2.75) is 24.9 Å². The molecule has 5 N–H and O–H groups in total. The van der Waals surface area contributed by atoms with Gasteiger partial charge in [0.1, 0.15) is 6.29 Å². The highest BCUT2D eigenvalue weighted by molar-refractivity contribution is 5.88. The zero-order valence-corrected chi connectivity index (χ0v) is 8.25. The predicted octanol–water partition coefficient (Wildman–Crippen LogP) is -2.05. The zero-order valence-electron chi connectivity index (χ0n) is 8.25. The fourth-order valence-electron chi connectivity index (χ4n) is 0.892. The van der Waals surface area contributed by atoms with E-state index in [1.807, 2.05) is 5.32 Å². The molecule has 0 heterocycles. The van der Waals surface area contributed by atoms with E-state index in [2.05, 4.69) is 0 Å². The summed E-state index contributed by atoms with van der Waals surface area (Å²) in [6.45, 7) is 0. The molecule has 2 atom stereocenters. The second kappa shape index (κ2) is 6.51. The number of carboxylic acid groups (broad SMARTS) is 2. The van der Waals surface area contributed by atoms with Crippen LogP contribution in [0.15, 0.2) is 0 Å². The van der Waals surface area contributed by atoms with Crippen molar-refractivity contribution in [2.24, 2.45) is 5.73 Å². The third-order valence-corrected chi connectivity index (χ3v) is 1.62. The fraction of sp³-hybridized carbons (Fsp3) is 0.500. The summed E-state index contributed by atoms with van der Waals surface area (Å²) < 4.78 is 0. The Morgan fingerprint density at radius 3 is 2.06 bits per heavy atom. The molecule has 1 amide bonds. The first-order valence-corrected chi connectivity index (χ1v) is 4.31. The van der Waals surface area contributed by atoms with E-state index < -0.39 is 42.8 Å². The maximum atomic E-state index is 11.2. The van der Waals surface area contributed by atoms with Crippen LogP contribution >= 0.6 is 0 Å². The van der Waals surface area contributed by atoms with Gasteiger partial charge in [-0.05, 0) is 0 Å². The average Bonchev–Trinajstić information content (AvgIpc) is 2.14. The number of nitrogens with two attached hydrogens (primary N) is 1. The molecule has 0 aliphatic carbocycles. The van der Waals surface area contributed by atoms with Gasteiger partial charge in [-0.25, -0.2) is 0 Å². The van der Waals surface area contributed by atoms with Crippen LogP contribution in [0.4, 0.5) is 0 Å². The first kappa shape index (κ1) is 14.0. The smallest absolute Gasteiger partial charge is 0.305 e. The van der Waals surface area contributed by atoms with Crippen molar-refractivity contribution >= 4 is 24.1 Å². The number of carbonyl (C=O) groups is 4. The standard InChI is InChI=1S/C8H12N2O6/c9-5(2-7(14)15)8(16)10-4(3-11)1-6(12)13/h3-5H,1-2,9H2,(H,10,16)(H,12,13)(H,14,15)/t4-,5+/m1/s1. The third kappa shape index (κ3) is 5.70. The molecule has 8 nitrogen and oxygen atoms in total. The molecule has 0 aromatic carbocycles. The summed E-state index contributed by atoms with van der Waals surface area (Å²) in [5.74, 6) is -3.39. The molecule has 0 aliphatic heterocycles. The Morgan fingerprint density at radius 1 is 1.19 bits per heavy atom. The fourth-order valence-corrected chi connectivity index (χ4v) is 0.892. The van der Waals surface area contributed by atoms with E-state index in [0.29, 0.717) is 0 Å². The Bertz CT molecular complexity index is 303. The van der Waals surface area contributed by atoms with Gasteiger partial charge in [0.2, 0.25) is 5.91 Å². The van der Waals surface area contributed by atoms with E-state index >= 15 is 0 Å². The highest BCUT2D eigenvalue weighted by Gasteiger charge is 2.21. The largest absolute Gasteiger partial charge is 0.481 e. The number of nitrogens with one attached hydrogen (secondary N) is 1. The Kier molecular flexibility index (Phi) is 5.71. The average molecular weight is 232 g/mol. The topological polar surface area (TPSA) is 147 Å². The van der Waals surface area contributed by atoms with Crippen molar-refractivity contribution in [2.75, 3.05) is 0 Å². The van der Waals surface area contributed by atoms with Gasteiger partial charge in [-0.3, -0.25) is 14.4 Å². The number of carbonyl (C=O) groups excluding carboxylic acids is 2. The summed E-state index contributed by atoms with van der Waals surface area (Å²) in [5.41, 5.74) is 5.20. The molecular formula is C8H12N2O6. The second-order valence-corrected chi connectivity index (χ2v) is 3.05. The lowest BCUT2D eigenvalue weighted by molar-refractivity contribution is -0.141. The summed E-state index contributed by atoms with van der Waals surface area (Å²) in [6.07, 6.45) is -0.918. The molecule has 0 aromatic heterocycles. The molecule has 0 saturated carbocycles. The normalized spacial score (nSPS) is 13.6. The van der Waals surface area contributed by atoms with Gasteiger partial charge in [0, 0.05) is 0 Å². The first-order chi connectivity index (χ1) is 7.36. The van der Waals surface area contributed by atoms with Gasteiger partial charge >= 0.3 is 11.9 Å². The Balaban J connectivity index is 4.23. The van der Waals surface area contributed by atoms with Crippen LogP contribution in [0.25, 0.3) is 0 Å². The van der Waals surface area contributed by atoms with E-state index in [1.165, 1.54) is 0 Å². The van der Waals surface area contributed by atoms with Gasteiger partial charge in [0.25, 0.3) is 0 Å². The van der Waals surface area contributed by atoms with Crippen molar-refractivity contribution in [3.63, 3.8) is 0 Å². The van der Waals surface area contributed by atoms with E-state index in [9.17, 15) is 19.2 Å². The molecule has 0 aliphatic rings. The van der Waals surface area contributed by atoms with Crippen molar-refractivity contribution < 1.29 is 29.4 Å². The summed E-state index contributed by atoms with van der Waals surface area (Å²) in [5, 5.41) is 18.7. The van der Waals surface area contributed by atoms with Crippen LogP contribution < -0.4 is 11.1 Å². The molecule has 0 unspecified atom stereocenters. The van der Waals surface area contributed by atoms with Gasteiger partial charge in [0.05, 0.1) is 24.9 Å². The lowest BCUT2D eigenvalue weighted by Crippen LogP contribution is -2.47. The first-order valence-electron chi connectivity index (χ1n) is 4.31. The van der Waals surface area contributed by atoms with Crippen LogP contribution in [0.3, 0.4) is 0 Å². The molecule has 16 heavy (non-hydrogen) atoms. The van der Waals surface area contributed by atoms with Crippen molar-refractivity contribution in [1.82, 2.24) is 5.32 Å². The highest BCUT2D eigenvalue weighted by Crippen LogP contribution is 1.93. The number of aliphatic carboxylic acids is 2. The van der Waals surface area contributed by atoms with Crippen molar-refractivity contribution in [1.29, 1.82) is 0 Å². The van der Waals surface area contributed by atoms with Crippen LogP contribution in [0, 0.1) is 0 Å². The van der Waals surface area contributed by atoms with Crippen LogP contribution in [0.5, 0.6) is 0 Å². The summed E-state index contributed by atoms with van der Waals surface area (Å²) in [7, 11) is 0. The van der Waals surface area contributed by atoms with E-state index in [1.54, 1.807) is 0 Å². The molecule has 0 spiro atoms. The minimum Gasteiger partial charge on any atom is -0.481 e. The third-order valence-electron chi connectivity index (χ3n) is 1.62. The second-order valence-electron chi connectivity index (χ2n) is 3.05. The molecular weight excluding hydrogens is 220 g/mol. The number of carboxylic acids is 2. The zero-order chi connectivity index (χ0) is 12.7. The van der Waals surface area contributed by atoms with Gasteiger partial charge in [-0.15, -0.1) is 0 Å². The molecule has 8 heteroatoms. The van der Waals surface area contributed by atoms with Crippen LogP contribution in [-0.4, -0.2) is 46.4 Å². The van der Waals surface area contributed by atoms with Crippen molar-refractivity contribution in [3.05, 3.63) is 0 Å². The van der Waals surface area contributed by atoms with Gasteiger partial charge in [-0.2, -0.15) is 0 Å². The molecule has 0 rings (SSSR count). The predicted molar refractivity (Wildman–Crippen MR) is 50.5 cm³/mol. The Labute approximate surface area is 90.4 Å². The highest BCUT2D eigenvalue weighted by atomic mass is 16.4. The SMILES string of the molecule is N[C@@H](CC(=O)O)C(=O)N[C@@H](C=O)CC(=O)O. The number of rotatable bonds is 7. The molecule has 0 fully saturated rings. The van der Waals surface area contributed by atoms with Crippen molar-refractivity contribution in [3.8, 4) is 0 Å². The number of hydrogen-bond acceptors (Lipinski definition) is 5. The molecule has 0 aromatic rings. The minimum atomic E-state index is -1.31. The summed E-state index contributed by atoms with van der Waals surface area (Å²) in [4.78, 5) is 42.0. The molecule has 0 bridgehead atoms. The molecule has 0 radical (unpaired) electrons. The Hall–Kier alpha value is -1.96.